The van der Waals surface area contributed by atoms with Crippen LogP contribution in [0.2, 0.25) is 0 Å². The third-order valence-electron chi connectivity index (χ3n) is 2.47. The van der Waals surface area contributed by atoms with E-state index in [1.165, 1.54) is 6.07 Å². The van der Waals surface area contributed by atoms with Crippen molar-refractivity contribution >= 4 is 0 Å². The molecule has 0 aromatic carbocycles. The highest BCUT2D eigenvalue weighted by atomic mass is 19.4. The fourth-order valence-electron chi connectivity index (χ4n) is 1.72. The molecule has 0 spiro atoms. The van der Waals surface area contributed by atoms with Crippen LogP contribution in [-0.2, 0) is 0 Å². The number of halogens is 3. The van der Waals surface area contributed by atoms with Crippen LogP contribution in [0.5, 0.6) is 0 Å². The molecule has 2 nitrogen and oxygen atoms in total. The van der Waals surface area contributed by atoms with Crippen LogP contribution in [-0.4, -0.2) is 16.9 Å². The van der Waals surface area contributed by atoms with Crippen molar-refractivity contribution in [1.82, 2.24) is 0 Å². The summed E-state index contributed by atoms with van der Waals surface area (Å²) in [5.41, 5.74) is -2.20. The Morgan fingerprint density at radius 2 is 2.00 bits per heavy atom. The first-order chi connectivity index (χ1) is 5.90. The highest BCUT2D eigenvalue weighted by Crippen LogP contribution is 2.43. The van der Waals surface area contributed by atoms with Crippen LogP contribution in [0.4, 0.5) is 13.2 Å². The van der Waals surface area contributed by atoms with Gasteiger partial charge in [0.2, 0.25) is 0 Å². The lowest BCUT2D eigenvalue weighted by Crippen LogP contribution is -2.47. The van der Waals surface area contributed by atoms with E-state index >= 15 is 0 Å². The summed E-state index contributed by atoms with van der Waals surface area (Å²) in [6.07, 6.45) is -3.78. The number of hydrogen-bond donors (Lipinski definition) is 1. The van der Waals surface area contributed by atoms with Crippen LogP contribution < -0.4 is 0 Å². The molecular weight excluding hydrogens is 183 g/mol. The van der Waals surface area contributed by atoms with Crippen LogP contribution in [0, 0.1) is 17.2 Å². The summed E-state index contributed by atoms with van der Waals surface area (Å²) in [6.45, 7) is 0. The number of hydrogen-bond acceptors (Lipinski definition) is 2. The van der Waals surface area contributed by atoms with Gasteiger partial charge in [-0.2, -0.15) is 18.4 Å². The SMILES string of the molecule is N#CC1(O)CCCCC1C(F)(F)F. The van der Waals surface area contributed by atoms with Gasteiger partial charge in [-0.1, -0.05) is 6.42 Å². The van der Waals surface area contributed by atoms with E-state index in [9.17, 15) is 18.3 Å². The zero-order valence-corrected chi connectivity index (χ0v) is 6.93. The average molecular weight is 193 g/mol. The Labute approximate surface area is 74.0 Å². The molecule has 1 N–H and O–H groups in total. The molecule has 5 heteroatoms. The van der Waals surface area contributed by atoms with Crippen LogP contribution >= 0.6 is 0 Å². The van der Waals surface area contributed by atoms with E-state index in [-0.39, 0.29) is 12.8 Å². The molecule has 0 aromatic heterocycles. The first-order valence-corrected chi connectivity index (χ1v) is 4.10. The molecule has 0 aromatic rings. The van der Waals surface area contributed by atoms with Crippen molar-refractivity contribution in [3.05, 3.63) is 0 Å². The van der Waals surface area contributed by atoms with Crippen LogP contribution in [0.3, 0.4) is 0 Å². The predicted octanol–water partition coefficient (Wildman–Crippen LogP) is 1.99. The van der Waals surface area contributed by atoms with Gasteiger partial charge in [0, 0.05) is 0 Å². The Balaban J connectivity index is 2.87. The second-order valence-corrected chi connectivity index (χ2v) is 3.38. The maximum Gasteiger partial charge on any atom is 0.395 e. The molecule has 1 fully saturated rings. The maximum absolute atomic E-state index is 12.3. The Hall–Kier alpha value is -0.760. The predicted molar refractivity (Wildman–Crippen MR) is 38.6 cm³/mol. The summed E-state index contributed by atoms with van der Waals surface area (Å²) in [5, 5.41) is 17.9. The van der Waals surface area contributed by atoms with Crippen LogP contribution in [0.25, 0.3) is 0 Å². The second-order valence-electron chi connectivity index (χ2n) is 3.38. The van der Waals surface area contributed by atoms with Gasteiger partial charge in [-0.3, -0.25) is 0 Å². The zero-order valence-electron chi connectivity index (χ0n) is 6.93. The number of aliphatic hydroxyl groups is 1. The van der Waals surface area contributed by atoms with Gasteiger partial charge >= 0.3 is 6.18 Å². The molecule has 2 unspecified atom stereocenters. The van der Waals surface area contributed by atoms with Gasteiger partial charge in [-0.25, -0.2) is 0 Å². The van der Waals surface area contributed by atoms with Crippen molar-refractivity contribution in [1.29, 1.82) is 5.26 Å². The molecule has 0 saturated heterocycles. The molecule has 2 atom stereocenters. The van der Waals surface area contributed by atoms with Crippen molar-refractivity contribution in [2.45, 2.75) is 37.5 Å². The number of nitrogens with zero attached hydrogens (tertiary/aromatic N) is 1. The van der Waals surface area contributed by atoms with Crippen molar-refractivity contribution in [3.8, 4) is 6.07 Å². The Morgan fingerprint density at radius 3 is 2.38 bits per heavy atom. The molecule has 0 amide bonds. The minimum atomic E-state index is -4.47. The minimum absolute atomic E-state index is 0.0757. The van der Waals surface area contributed by atoms with Gasteiger partial charge < -0.3 is 5.11 Å². The smallest absolute Gasteiger partial charge is 0.375 e. The van der Waals surface area contributed by atoms with Gasteiger partial charge in [0.25, 0.3) is 0 Å². The highest BCUT2D eigenvalue weighted by molar-refractivity contribution is 5.08. The summed E-state index contributed by atoms with van der Waals surface area (Å²) in [6, 6.07) is 1.37. The monoisotopic (exact) mass is 193 g/mol. The second kappa shape index (κ2) is 3.18. The first-order valence-electron chi connectivity index (χ1n) is 4.10. The molecule has 0 heterocycles. The van der Waals surface area contributed by atoms with E-state index in [2.05, 4.69) is 0 Å². The summed E-state index contributed by atoms with van der Waals surface area (Å²) in [4.78, 5) is 0. The average Bonchev–Trinajstić information content (AvgIpc) is 2.03. The Morgan fingerprint density at radius 1 is 1.38 bits per heavy atom. The standard InChI is InChI=1S/C8H10F3NO/c9-8(10,11)6-3-1-2-4-7(6,13)5-12/h6,13H,1-4H2. The molecule has 1 rings (SSSR count). The molecule has 13 heavy (non-hydrogen) atoms. The van der Waals surface area contributed by atoms with Crippen molar-refractivity contribution in [2.24, 2.45) is 5.92 Å². The molecule has 1 aliphatic rings. The molecule has 1 aliphatic carbocycles. The van der Waals surface area contributed by atoms with Gasteiger partial charge in [-0.15, -0.1) is 0 Å². The third-order valence-corrected chi connectivity index (χ3v) is 2.47. The van der Waals surface area contributed by atoms with Crippen LogP contribution in [0.15, 0.2) is 0 Å². The van der Waals surface area contributed by atoms with Gasteiger partial charge in [-0.05, 0) is 19.3 Å². The number of rotatable bonds is 0. The van der Waals surface area contributed by atoms with E-state index in [0.29, 0.717) is 12.8 Å². The largest absolute Gasteiger partial charge is 0.395 e. The van der Waals surface area contributed by atoms with Gasteiger partial charge in [0.15, 0.2) is 5.60 Å². The quantitative estimate of drug-likeness (QED) is 0.598. The van der Waals surface area contributed by atoms with Crippen molar-refractivity contribution in [2.75, 3.05) is 0 Å². The summed E-state index contributed by atoms with van der Waals surface area (Å²) in [7, 11) is 0. The Bertz CT molecular complexity index is 233. The van der Waals surface area contributed by atoms with E-state index in [4.69, 9.17) is 5.26 Å². The molecule has 0 radical (unpaired) electrons. The molecule has 0 aliphatic heterocycles. The summed E-state index contributed by atoms with van der Waals surface area (Å²) >= 11 is 0. The van der Waals surface area contributed by atoms with Crippen LogP contribution in [0.1, 0.15) is 25.7 Å². The fraction of sp³-hybridized carbons (Fsp3) is 0.875. The van der Waals surface area contributed by atoms with E-state index in [1.54, 1.807) is 0 Å². The Kier molecular flexibility index (Phi) is 2.53. The zero-order chi connectivity index (χ0) is 10.1. The lowest BCUT2D eigenvalue weighted by molar-refractivity contribution is -0.223. The van der Waals surface area contributed by atoms with Crippen molar-refractivity contribution < 1.29 is 18.3 Å². The first kappa shape index (κ1) is 10.3. The van der Waals surface area contributed by atoms with Gasteiger partial charge in [0.1, 0.15) is 0 Å². The van der Waals surface area contributed by atoms with E-state index in [1.807, 2.05) is 0 Å². The molecule has 1 saturated carbocycles. The topological polar surface area (TPSA) is 44.0 Å². The lowest BCUT2D eigenvalue weighted by Gasteiger charge is -2.35. The maximum atomic E-state index is 12.3. The van der Waals surface area contributed by atoms with Crippen molar-refractivity contribution in [3.63, 3.8) is 0 Å². The third kappa shape index (κ3) is 1.94. The van der Waals surface area contributed by atoms with Gasteiger partial charge in [0.05, 0.1) is 12.0 Å². The molecule has 74 valence electrons. The molecular formula is C8H10F3NO. The van der Waals surface area contributed by atoms with E-state index in [0.717, 1.165) is 0 Å². The highest BCUT2D eigenvalue weighted by Gasteiger charge is 2.54. The van der Waals surface area contributed by atoms with E-state index < -0.39 is 17.7 Å². The summed E-state index contributed by atoms with van der Waals surface area (Å²) in [5.74, 6) is -1.88. The fourth-order valence-corrected chi connectivity index (χ4v) is 1.72. The lowest BCUT2D eigenvalue weighted by atomic mass is 9.76. The minimum Gasteiger partial charge on any atom is -0.375 e. The summed E-state index contributed by atoms with van der Waals surface area (Å²) < 4.78 is 36.9. The number of alkyl halides is 3. The normalized spacial score (nSPS) is 35.5. The number of nitriles is 1. The molecule has 0 bridgehead atoms.